The van der Waals surface area contributed by atoms with E-state index in [1.54, 1.807) is 61.5 Å². The fourth-order valence-corrected chi connectivity index (χ4v) is 4.93. The molecule has 2 aromatic carbocycles. The maximum absolute atomic E-state index is 13.4. The van der Waals surface area contributed by atoms with Crippen LogP contribution in [0.4, 0.5) is 5.69 Å². The van der Waals surface area contributed by atoms with Gasteiger partial charge in [0.2, 0.25) is 5.91 Å². The third-order valence-corrected chi connectivity index (χ3v) is 7.30. The van der Waals surface area contributed by atoms with Crippen LogP contribution in [0.5, 0.6) is 11.5 Å². The number of rotatable bonds is 7. The van der Waals surface area contributed by atoms with Crippen molar-refractivity contribution in [2.75, 3.05) is 32.6 Å². The summed E-state index contributed by atoms with van der Waals surface area (Å²) in [7, 11) is 3.31. The van der Waals surface area contributed by atoms with Crippen molar-refractivity contribution < 1.29 is 28.6 Å². The third-order valence-electron chi connectivity index (χ3n) is 7.30. The van der Waals surface area contributed by atoms with Gasteiger partial charge in [0.25, 0.3) is 11.8 Å². The summed E-state index contributed by atoms with van der Waals surface area (Å²) in [5.41, 5.74) is 1.32. The van der Waals surface area contributed by atoms with Gasteiger partial charge in [0, 0.05) is 24.8 Å². The van der Waals surface area contributed by atoms with Crippen molar-refractivity contribution in [3.8, 4) is 11.5 Å². The molecule has 5 rings (SSSR count). The van der Waals surface area contributed by atoms with E-state index in [0.29, 0.717) is 47.1 Å². The Labute approximate surface area is 216 Å². The number of hydrogen-bond donors (Lipinski definition) is 2. The molecule has 2 N–H and O–H groups in total. The van der Waals surface area contributed by atoms with E-state index >= 15 is 0 Å². The van der Waals surface area contributed by atoms with Gasteiger partial charge in [0.05, 0.1) is 31.2 Å². The standard InChI is InChI=1S/C28H33N3O6/c1-31-23-10-9-21(14-26(32)29-15-17-6-7-17)37-25(23)16-36-24-11-8-19(13-22(24)28(31)34)30-27(33)18-4-3-5-20(12-18)35-2/h3-5,8,11-13,17,21,23,25H,6-7,9-10,14-16H2,1-2H3,(H,29,32)(H,30,33)/t21-,23+,25-/m0/s1. The number of likely N-dealkylation sites (N-methyl/N-ethyl adjacent to an activating group) is 1. The molecule has 0 spiro atoms. The van der Waals surface area contributed by atoms with Crippen molar-refractivity contribution in [2.24, 2.45) is 5.92 Å². The molecular weight excluding hydrogens is 474 g/mol. The average Bonchev–Trinajstić information content (AvgIpc) is 3.74. The maximum Gasteiger partial charge on any atom is 0.257 e. The molecule has 37 heavy (non-hydrogen) atoms. The molecule has 0 bridgehead atoms. The largest absolute Gasteiger partial charge is 0.497 e. The molecular formula is C28H33N3O6. The predicted molar refractivity (Wildman–Crippen MR) is 137 cm³/mol. The van der Waals surface area contributed by atoms with Crippen LogP contribution in [-0.4, -0.2) is 68.2 Å². The van der Waals surface area contributed by atoms with Crippen LogP contribution in [0, 0.1) is 5.92 Å². The Morgan fingerprint density at radius 2 is 1.95 bits per heavy atom. The van der Waals surface area contributed by atoms with Gasteiger partial charge in [-0.2, -0.15) is 0 Å². The lowest BCUT2D eigenvalue weighted by atomic mass is 9.94. The second kappa shape index (κ2) is 10.8. The maximum atomic E-state index is 13.4. The first-order chi connectivity index (χ1) is 17.9. The Kier molecular flexibility index (Phi) is 7.32. The number of benzene rings is 2. The lowest BCUT2D eigenvalue weighted by molar-refractivity contribution is -0.134. The Morgan fingerprint density at radius 1 is 1.11 bits per heavy atom. The Bertz CT molecular complexity index is 1180. The van der Waals surface area contributed by atoms with Crippen LogP contribution in [0.1, 0.15) is 52.8 Å². The van der Waals surface area contributed by atoms with Crippen LogP contribution in [0.3, 0.4) is 0 Å². The van der Waals surface area contributed by atoms with Crippen LogP contribution in [0.25, 0.3) is 0 Å². The normalized spacial score (nSPS) is 23.0. The second-order valence-corrected chi connectivity index (χ2v) is 10.0. The highest BCUT2D eigenvalue weighted by Gasteiger charge is 2.39. The molecule has 1 aliphatic carbocycles. The van der Waals surface area contributed by atoms with Crippen molar-refractivity contribution in [1.82, 2.24) is 10.2 Å². The number of carbonyl (C=O) groups is 3. The smallest absolute Gasteiger partial charge is 0.257 e. The summed E-state index contributed by atoms with van der Waals surface area (Å²) in [5, 5.41) is 5.85. The SMILES string of the molecule is COc1cccc(C(=O)Nc2ccc3c(c2)C(=O)N(C)[C@@H]2CC[C@@H](CC(=O)NCC4CC4)O[C@H]2CO3)c1. The molecule has 2 fully saturated rings. The van der Waals surface area contributed by atoms with E-state index in [1.165, 1.54) is 12.8 Å². The fraction of sp³-hybridized carbons (Fsp3) is 0.464. The molecule has 0 unspecified atom stereocenters. The Balaban J connectivity index is 1.25. The molecule has 2 heterocycles. The van der Waals surface area contributed by atoms with Gasteiger partial charge in [0.15, 0.2) is 0 Å². The van der Waals surface area contributed by atoms with E-state index in [1.807, 2.05) is 0 Å². The summed E-state index contributed by atoms with van der Waals surface area (Å²) in [5.74, 6) is 1.16. The number of nitrogens with one attached hydrogen (secondary N) is 2. The van der Waals surface area contributed by atoms with Gasteiger partial charge in [0.1, 0.15) is 24.2 Å². The van der Waals surface area contributed by atoms with Crippen molar-refractivity contribution in [2.45, 2.75) is 50.4 Å². The van der Waals surface area contributed by atoms with Crippen LogP contribution in [0.15, 0.2) is 42.5 Å². The van der Waals surface area contributed by atoms with Gasteiger partial charge in [-0.3, -0.25) is 14.4 Å². The van der Waals surface area contributed by atoms with Crippen LogP contribution in [-0.2, 0) is 9.53 Å². The monoisotopic (exact) mass is 507 g/mol. The molecule has 3 amide bonds. The van der Waals surface area contributed by atoms with Gasteiger partial charge < -0.3 is 29.7 Å². The highest BCUT2D eigenvalue weighted by atomic mass is 16.5. The lowest BCUT2D eigenvalue weighted by Gasteiger charge is -2.42. The summed E-state index contributed by atoms with van der Waals surface area (Å²) >= 11 is 0. The summed E-state index contributed by atoms with van der Waals surface area (Å²) in [6.45, 7) is 1.02. The number of amides is 3. The highest BCUT2D eigenvalue weighted by Crippen LogP contribution is 2.33. The molecule has 2 aliphatic heterocycles. The molecule has 3 aliphatic rings. The average molecular weight is 508 g/mol. The molecule has 9 heteroatoms. The Hall–Kier alpha value is -3.59. The van der Waals surface area contributed by atoms with E-state index in [4.69, 9.17) is 14.2 Å². The molecule has 1 saturated heterocycles. The lowest BCUT2D eigenvalue weighted by Crippen LogP contribution is -2.54. The molecule has 2 aromatic rings. The molecule has 196 valence electrons. The zero-order valence-electron chi connectivity index (χ0n) is 21.2. The van der Waals surface area contributed by atoms with E-state index in [2.05, 4.69) is 10.6 Å². The first-order valence-electron chi connectivity index (χ1n) is 12.8. The first kappa shape index (κ1) is 25.1. The van der Waals surface area contributed by atoms with E-state index in [9.17, 15) is 14.4 Å². The van der Waals surface area contributed by atoms with Gasteiger partial charge in [-0.25, -0.2) is 0 Å². The number of hydrogen-bond acceptors (Lipinski definition) is 6. The van der Waals surface area contributed by atoms with Gasteiger partial charge in [-0.1, -0.05) is 6.07 Å². The number of nitrogens with zero attached hydrogens (tertiary/aromatic N) is 1. The minimum absolute atomic E-state index is 0.0143. The van der Waals surface area contributed by atoms with E-state index in [-0.39, 0.29) is 42.6 Å². The minimum Gasteiger partial charge on any atom is -0.497 e. The number of carbonyl (C=O) groups excluding carboxylic acids is 3. The number of fused-ring (bicyclic) bond motifs is 2. The zero-order valence-corrected chi connectivity index (χ0v) is 21.2. The molecule has 3 atom stereocenters. The van der Waals surface area contributed by atoms with E-state index in [0.717, 1.165) is 13.0 Å². The predicted octanol–water partition coefficient (Wildman–Crippen LogP) is 3.24. The highest BCUT2D eigenvalue weighted by molar-refractivity contribution is 6.05. The van der Waals surface area contributed by atoms with Crippen molar-refractivity contribution >= 4 is 23.4 Å². The van der Waals surface area contributed by atoms with Crippen LogP contribution in [0.2, 0.25) is 0 Å². The van der Waals surface area contributed by atoms with Gasteiger partial charge >= 0.3 is 0 Å². The molecule has 1 saturated carbocycles. The fourth-order valence-electron chi connectivity index (χ4n) is 4.93. The number of anilines is 1. The Morgan fingerprint density at radius 3 is 2.73 bits per heavy atom. The molecule has 0 radical (unpaired) electrons. The summed E-state index contributed by atoms with van der Waals surface area (Å²) in [6.07, 6.45) is 3.60. The third kappa shape index (κ3) is 5.88. The minimum atomic E-state index is -0.329. The summed E-state index contributed by atoms with van der Waals surface area (Å²) in [6, 6.07) is 11.7. The van der Waals surface area contributed by atoms with E-state index < -0.39 is 0 Å². The number of ether oxygens (including phenoxy) is 3. The molecule has 9 nitrogen and oxygen atoms in total. The van der Waals surface area contributed by atoms with Crippen molar-refractivity contribution in [1.29, 1.82) is 0 Å². The van der Waals surface area contributed by atoms with Crippen LogP contribution >= 0.6 is 0 Å². The second-order valence-electron chi connectivity index (χ2n) is 10.0. The molecule has 0 aromatic heterocycles. The summed E-state index contributed by atoms with van der Waals surface area (Å²) in [4.78, 5) is 40.2. The summed E-state index contributed by atoms with van der Waals surface area (Å²) < 4.78 is 17.5. The zero-order chi connectivity index (χ0) is 25.9. The van der Waals surface area contributed by atoms with Gasteiger partial charge in [-0.05, 0) is 68.0 Å². The van der Waals surface area contributed by atoms with Crippen molar-refractivity contribution in [3.05, 3.63) is 53.6 Å². The quantitative estimate of drug-likeness (QED) is 0.596. The first-order valence-corrected chi connectivity index (χ1v) is 12.8. The topological polar surface area (TPSA) is 106 Å². The van der Waals surface area contributed by atoms with Crippen molar-refractivity contribution in [3.63, 3.8) is 0 Å². The number of methoxy groups -OCH3 is 1. The van der Waals surface area contributed by atoms with Gasteiger partial charge in [-0.15, -0.1) is 0 Å². The van der Waals surface area contributed by atoms with Crippen LogP contribution < -0.4 is 20.1 Å².